The molecule has 0 radical (unpaired) electrons. The first-order valence-corrected chi connectivity index (χ1v) is 10.8. The predicted molar refractivity (Wildman–Crippen MR) is 115 cm³/mol. The lowest BCUT2D eigenvalue weighted by Crippen LogP contribution is -2.37. The molecule has 1 atom stereocenters. The van der Waals surface area contributed by atoms with Gasteiger partial charge in [0, 0.05) is 44.3 Å². The van der Waals surface area contributed by atoms with Gasteiger partial charge < -0.3 is 29.2 Å². The highest BCUT2D eigenvalue weighted by atomic mass is 16.5. The van der Waals surface area contributed by atoms with Gasteiger partial charge in [-0.2, -0.15) is 4.98 Å². The average molecular weight is 430 g/mol. The van der Waals surface area contributed by atoms with Crippen molar-refractivity contribution in [1.29, 1.82) is 0 Å². The first-order valence-electron chi connectivity index (χ1n) is 10.8. The van der Waals surface area contributed by atoms with Gasteiger partial charge in [0.25, 0.3) is 11.9 Å². The third kappa shape index (κ3) is 4.32. The van der Waals surface area contributed by atoms with Crippen molar-refractivity contribution in [3.8, 4) is 0 Å². The molecular formula is C22H31N5O4. The summed E-state index contributed by atoms with van der Waals surface area (Å²) < 4.78 is 10.9. The number of carbonyl (C=O) groups excluding carboxylic acids is 2. The molecule has 1 N–H and O–H groups in total. The third-order valence-electron chi connectivity index (χ3n) is 6.29. The fraction of sp³-hybridized carbons (Fsp3) is 0.591. The molecule has 0 spiro atoms. The highest BCUT2D eigenvalue weighted by Crippen LogP contribution is 2.35. The van der Waals surface area contributed by atoms with Crippen molar-refractivity contribution in [3.63, 3.8) is 0 Å². The van der Waals surface area contributed by atoms with Crippen molar-refractivity contribution < 1.29 is 18.7 Å². The maximum absolute atomic E-state index is 13.0. The Bertz CT molecular complexity index is 913. The lowest BCUT2D eigenvalue weighted by atomic mass is 9.92. The summed E-state index contributed by atoms with van der Waals surface area (Å²) in [5, 5.41) is 2.97. The summed E-state index contributed by atoms with van der Waals surface area (Å²) in [6.07, 6.45) is 6.86. The largest absolute Gasteiger partial charge is 0.431 e. The number of morpholine rings is 1. The Morgan fingerprint density at radius 2 is 2.00 bits per heavy atom. The van der Waals surface area contributed by atoms with Crippen molar-refractivity contribution in [2.45, 2.75) is 39.7 Å². The summed E-state index contributed by atoms with van der Waals surface area (Å²) in [5.74, 6) is -0.290. The molecule has 1 aromatic heterocycles. The zero-order valence-corrected chi connectivity index (χ0v) is 18.7. The average Bonchev–Trinajstić information content (AvgIpc) is 3.31. The summed E-state index contributed by atoms with van der Waals surface area (Å²) in [4.78, 5) is 36.1. The molecule has 2 saturated heterocycles. The van der Waals surface area contributed by atoms with Crippen LogP contribution in [0.25, 0.3) is 0 Å². The molecule has 4 heterocycles. The lowest BCUT2D eigenvalue weighted by Gasteiger charge is -2.25. The number of nitrogens with one attached hydrogen (secondary N) is 1. The van der Waals surface area contributed by atoms with Gasteiger partial charge >= 0.3 is 0 Å². The van der Waals surface area contributed by atoms with Crippen LogP contribution in [0.4, 0.5) is 6.01 Å². The Kier molecular flexibility index (Phi) is 5.79. The van der Waals surface area contributed by atoms with E-state index in [0.717, 1.165) is 18.5 Å². The molecule has 9 nitrogen and oxygen atoms in total. The van der Waals surface area contributed by atoms with Crippen LogP contribution in [-0.2, 0) is 9.53 Å². The third-order valence-corrected chi connectivity index (χ3v) is 6.29. The molecule has 0 aromatic carbocycles. The number of amides is 2. The van der Waals surface area contributed by atoms with Crippen LogP contribution in [0, 0.1) is 5.41 Å². The summed E-state index contributed by atoms with van der Waals surface area (Å²) in [7, 11) is 1.97. The molecule has 168 valence electrons. The zero-order chi connectivity index (χ0) is 22.2. The van der Waals surface area contributed by atoms with E-state index in [9.17, 15) is 9.59 Å². The quantitative estimate of drug-likeness (QED) is 0.782. The highest BCUT2D eigenvalue weighted by Gasteiger charge is 2.41. The number of hydrogen-bond acceptors (Lipinski definition) is 7. The van der Waals surface area contributed by atoms with Gasteiger partial charge in [0.1, 0.15) is 6.26 Å². The minimum absolute atomic E-state index is 0.0761. The number of aromatic nitrogens is 1. The Hall–Kier alpha value is -2.81. The standard InChI is InChI=1S/C22H31N5O4/c1-15-5-6-18(27-8-7-22(2,3)20(27)29)16(13-25(15)4)23-19(28)17-14-31-21(24-17)26-9-11-30-12-10-26/h6,13-15H,5,7-12H2,1-4H3,(H,23,28). The van der Waals surface area contributed by atoms with Crippen molar-refractivity contribution in [2.75, 3.05) is 44.8 Å². The Labute approximate surface area is 182 Å². The van der Waals surface area contributed by atoms with Gasteiger partial charge in [0.15, 0.2) is 5.69 Å². The molecule has 0 saturated carbocycles. The van der Waals surface area contributed by atoms with Crippen molar-refractivity contribution in [2.24, 2.45) is 5.41 Å². The summed E-state index contributed by atoms with van der Waals surface area (Å²) in [6, 6.07) is 0.663. The van der Waals surface area contributed by atoms with Gasteiger partial charge in [-0.05, 0) is 19.8 Å². The van der Waals surface area contributed by atoms with Gasteiger partial charge in [0.2, 0.25) is 5.91 Å². The van der Waals surface area contributed by atoms with Crippen molar-refractivity contribution >= 4 is 17.8 Å². The van der Waals surface area contributed by atoms with Crippen LogP contribution >= 0.6 is 0 Å². The van der Waals surface area contributed by atoms with E-state index < -0.39 is 5.41 Å². The molecule has 3 aliphatic heterocycles. The normalized spacial score (nSPS) is 24.1. The summed E-state index contributed by atoms with van der Waals surface area (Å²) in [6.45, 7) is 9.24. The number of hydrogen-bond donors (Lipinski definition) is 1. The van der Waals surface area contributed by atoms with E-state index in [1.54, 1.807) is 4.90 Å². The Morgan fingerprint density at radius 3 is 2.68 bits per heavy atom. The zero-order valence-electron chi connectivity index (χ0n) is 18.7. The fourth-order valence-corrected chi connectivity index (χ4v) is 3.96. The molecular weight excluding hydrogens is 398 g/mol. The number of oxazole rings is 1. The van der Waals surface area contributed by atoms with Gasteiger partial charge in [-0.25, -0.2) is 0 Å². The van der Waals surface area contributed by atoms with Crippen LogP contribution in [0.1, 0.15) is 44.1 Å². The SMILES string of the molecule is CC1CC=C(N2CCC(C)(C)C2=O)C(NC(=O)c2coc(N3CCOCC3)n2)=CN1C. The first-order chi connectivity index (χ1) is 14.8. The first kappa shape index (κ1) is 21.4. The van der Waals surface area contributed by atoms with E-state index >= 15 is 0 Å². The second kappa shape index (κ2) is 8.37. The number of ether oxygens (including phenoxy) is 1. The second-order valence-electron chi connectivity index (χ2n) is 9.04. The minimum Gasteiger partial charge on any atom is -0.431 e. The molecule has 3 aliphatic rings. The molecule has 1 aromatic rings. The van der Waals surface area contributed by atoms with Gasteiger partial charge in [-0.1, -0.05) is 19.9 Å². The maximum Gasteiger partial charge on any atom is 0.298 e. The second-order valence-corrected chi connectivity index (χ2v) is 9.04. The van der Waals surface area contributed by atoms with Crippen molar-refractivity contribution in [1.82, 2.24) is 20.1 Å². The molecule has 4 rings (SSSR count). The molecule has 9 heteroatoms. The molecule has 31 heavy (non-hydrogen) atoms. The molecule has 0 aliphatic carbocycles. The van der Waals surface area contributed by atoms with E-state index in [2.05, 4.69) is 17.2 Å². The Balaban J connectivity index is 1.55. The van der Waals surface area contributed by atoms with Crippen LogP contribution in [0.15, 0.2) is 34.4 Å². The number of carbonyl (C=O) groups is 2. The minimum atomic E-state index is -0.404. The summed E-state index contributed by atoms with van der Waals surface area (Å²) in [5.41, 5.74) is 1.14. The number of likely N-dealkylation sites (tertiary alicyclic amines) is 1. The number of anilines is 1. The molecule has 0 bridgehead atoms. The fourth-order valence-electron chi connectivity index (χ4n) is 3.96. The highest BCUT2D eigenvalue weighted by molar-refractivity contribution is 5.94. The topological polar surface area (TPSA) is 91.2 Å². The van der Waals surface area contributed by atoms with Crippen molar-refractivity contribution in [3.05, 3.63) is 35.6 Å². The van der Waals surface area contributed by atoms with E-state index in [4.69, 9.17) is 9.15 Å². The van der Waals surface area contributed by atoms with Crippen LogP contribution in [0.3, 0.4) is 0 Å². The van der Waals surface area contributed by atoms with Crippen LogP contribution in [0.2, 0.25) is 0 Å². The number of nitrogens with zero attached hydrogens (tertiary/aromatic N) is 4. The predicted octanol–water partition coefficient (Wildman–Crippen LogP) is 1.95. The molecule has 2 amide bonds. The van der Waals surface area contributed by atoms with E-state index in [1.165, 1.54) is 6.26 Å². The van der Waals surface area contributed by atoms with Crippen LogP contribution in [0.5, 0.6) is 0 Å². The Morgan fingerprint density at radius 1 is 1.26 bits per heavy atom. The summed E-state index contributed by atoms with van der Waals surface area (Å²) >= 11 is 0. The smallest absolute Gasteiger partial charge is 0.298 e. The monoisotopic (exact) mass is 429 g/mol. The van der Waals surface area contributed by atoms with Crippen LogP contribution < -0.4 is 10.2 Å². The van der Waals surface area contributed by atoms with Crippen LogP contribution in [-0.4, -0.2) is 72.5 Å². The van der Waals surface area contributed by atoms with Gasteiger partial charge in [-0.15, -0.1) is 0 Å². The lowest BCUT2D eigenvalue weighted by molar-refractivity contribution is -0.132. The van der Waals surface area contributed by atoms with E-state index in [0.29, 0.717) is 44.6 Å². The number of rotatable bonds is 4. The van der Waals surface area contributed by atoms with Gasteiger partial charge in [0.05, 0.1) is 24.6 Å². The molecule has 2 fully saturated rings. The van der Waals surface area contributed by atoms with E-state index in [-0.39, 0.29) is 23.6 Å². The molecule has 1 unspecified atom stereocenters. The van der Waals surface area contributed by atoms with Gasteiger partial charge in [-0.3, -0.25) is 9.59 Å². The maximum atomic E-state index is 13.0. The van der Waals surface area contributed by atoms with E-state index in [1.807, 2.05) is 43.0 Å².